The van der Waals surface area contributed by atoms with Gasteiger partial charge in [0.25, 0.3) is 0 Å². The molecule has 0 heterocycles. The first-order chi connectivity index (χ1) is 8.50. The van der Waals surface area contributed by atoms with Crippen LogP contribution in [0, 0.1) is 11.8 Å². The average Bonchev–Trinajstić information content (AvgIpc) is 3.08. The molecule has 0 amide bonds. The molecule has 108 valence electrons. The van der Waals surface area contributed by atoms with Crippen molar-refractivity contribution in [3.8, 4) is 0 Å². The molecule has 1 N–H and O–H groups in total. The molecular weight excluding hydrogens is 220 g/mol. The minimum absolute atomic E-state index is 0.765. The molecule has 0 radical (unpaired) electrons. The van der Waals surface area contributed by atoms with Crippen LogP contribution in [0.15, 0.2) is 0 Å². The normalized spacial score (nSPS) is 18.0. The second-order valence-electron chi connectivity index (χ2n) is 6.91. The lowest BCUT2D eigenvalue weighted by atomic mass is 10.1. The SMILES string of the molecule is CC(C)CNCCCC(C)N(CC(C)C)C1CC1. The van der Waals surface area contributed by atoms with Gasteiger partial charge in [-0.25, -0.2) is 0 Å². The third-order valence-electron chi connectivity index (χ3n) is 3.69. The highest BCUT2D eigenvalue weighted by atomic mass is 15.2. The maximum atomic E-state index is 3.55. The lowest BCUT2D eigenvalue weighted by molar-refractivity contribution is 0.166. The number of nitrogens with zero attached hydrogens (tertiary/aromatic N) is 1. The summed E-state index contributed by atoms with van der Waals surface area (Å²) in [6.45, 7) is 15.3. The predicted octanol–water partition coefficient (Wildman–Crippen LogP) is 3.52. The minimum atomic E-state index is 0.765. The van der Waals surface area contributed by atoms with Crippen LogP contribution in [0.5, 0.6) is 0 Å². The first kappa shape index (κ1) is 16.0. The zero-order valence-electron chi connectivity index (χ0n) is 13.2. The Morgan fingerprint density at radius 1 is 1.06 bits per heavy atom. The Balaban J connectivity index is 2.14. The fourth-order valence-electron chi connectivity index (χ4n) is 2.60. The van der Waals surface area contributed by atoms with Gasteiger partial charge in [0.1, 0.15) is 0 Å². The van der Waals surface area contributed by atoms with Crippen LogP contribution in [-0.2, 0) is 0 Å². The van der Waals surface area contributed by atoms with E-state index in [1.165, 1.54) is 38.8 Å². The Labute approximate surface area is 115 Å². The molecule has 1 aliphatic carbocycles. The summed E-state index contributed by atoms with van der Waals surface area (Å²) in [7, 11) is 0. The minimum Gasteiger partial charge on any atom is -0.316 e. The van der Waals surface area contributed by atoms with Crippen LogP contribution in [-0.4, -0.2) is 36.6 Å². The van der Waals surface area contributed by atoms with Crippen molar-refractivity contribution >= 4 is 0 Å². The van der Waals surface area contributed by atoms with Crippen LogP contribution in [0.3, 0.4) is 0 Å². The third kappa shape index (κ3) is 6.75. The summed E-state index contributed by atoms with van der Waals surface area (Å²) < 4.78 is 0. The topological polar surface area (TPSA) is 15.3 Å². The molecule has 0 aromatic rings. The maximum Gasteiger partial charge on any atom is 0.00993 e. The molecule has 1 rings (SSSR count). The van der Waals surface area contributed by atoms with Gasteiger partial charge >= 0.3 is 0 Å². The highest BCUT2D eigenvalue weighted by Gasteiger charge is 2.31. The van der Waals surface area contributed by atoms with E-state index in [2.05, 4.69) is 44.8 Å². The van der Waals surface area contributed by atoms with Crippen molar-refractivity contribution in [2.75, 3.05) is 19.6 Å². The molecular formula is C16H34N2. The van der Waals surface area contributed by atoms with E-state index in [4.69, 9.17) is 0 Å². The molecule has 0 aromatic heterocycles. The van der Waals surface area contributed by atoms with Gasteiger partial charge in [0.2, 0.25) is 0 Å². The fraction of sp³-hybridized carbons (Fsp3) is 1.00. The van der Waals surface area contributed by atoms with Gasteiger partial charge in [-0.3, -0.25) is 4.90 Å². The zero-order valence-corrected chi connectivity index (χ0v) is 13.2. The molecule has 1 fully saturated rings. The summed E-state index contributed by atoms with van der Waals surface area (Å²) in [6.07, 6.45) is 5.52. The van der Waals surface area contributed by atoms with Crippen molar-refractivity contribution in [2.45, 2.75) is 72.4 Å². The predicted molar refractivity (Wildman–Crippen MR) is 81.0 cm³/mol. The van der Waals surface area contributed by atoms with Crippen LogP contribution in [0.2, 0.25) is 0 Å². The molecule has 0 bridgehead atoms. The molecule has 0 saturated heterocycles. The molecule has 2 nitrogen and oxygen atoms in total. The van der Waals surface area contributed by atoms with Crippen molar-refractivity contribution in [3.63, 3.8) is 0 Å². The first-order valence-corrected chi connectivity index (χ1v) is 7.97. The Hall–Kier alpha value is -0.0800. The van der Waals surface area contributed by atoms with Gasteiger partial charge in [0.05, 0.1) is 0 Å². The fourth-order valence-corrected chi connectivity index (χ4v) is 2.60. The van der Waals surface area contributed by atoms with E-state index in [0.717, 1.165) is 30.5 Å². The second-order valence-corrected chi connectivity index (χ2v) is 6.91. The Morgan fingerprint density at radius 3 is 2.22 bits per heavy atom. The number of nitrogens with one attached hydrogen (secondary N) is 1. The summed E-state index contributed by atoms with van der Waals surface area (Å²) in [6, 6.07) is 1.67. The van der Waals surface area contributed by atoms with E-state index in [9.17, 15) is 0 Å². The molecule has 1 unspecified atom stereocenters. The molecule has 0 spiro atoms. The van der Waals surface area contributed by atoms with E-state index < -0.39 is 0 Å². The summed E-state index contributed by atoms with van der Waals surface area (Å²) in [5.41, 5.74) is 0. The smallest absolute Gasteiger partial charge is 0.00993 e. The van der Waals surface area contributed by atoms with E-state index >= 15 is 0 Å². The number of rotatable bonds is 10. The molecule has 0 aliphatic heterocycles. The van der Waals surface area contributed by atoms with Gasteiger partial charge in [-0.2, -0.15) is 0 Å². The number of hydrogen-bond acceptors (Lipinski definition) is 2. The van der Waals surface area contributed by atoms with E-state index in [1.807, 2.05) is 0 Å². The highest BCUT2D eigenvalue weighted by molar-refractivity contribution is 4.87. The van der Waals surface area contributed by atoms with Crippen LogP contribution in [0.1, 0.15) is 60.3 Å². The first-order valence-electron chi connectivity index (χ1n) is 7.97. The van der Waals surface area contributed by atoms with E-state index in [0.29, 0.717) is 0 Å². The molecule has 1 aliphatic rings. The van der Waals surface area contributed by atoms with Gasteiger partial charge in [-0.1, -0.05) is 27.7 Å². The van der Waals surface area contributed by atoms with Crippen LogP contribution in [0.25, 0.3) is 0 Å². The molecule has 1 atom stereocenters. The maximum absolute atomic E-state index is 3.55. The lowest BCUT2D eigenvalue weighted by Gasteiger charge is -2.30. The summed E-state index contributed by atoms with van der Waals surface area (Å²) >= 11 is 0. The largest absolute Gasteiger partial charge is 0.316 e. The van der Waals surface area contributed by atoms with Crippen LogP contribution >= 0.6 is 0 Å². The summed E-state index contributed by atoms with van der Waals surface area (Å²) in [5.74, 6) is 1.57. The van der Waals surface area contributed by atoms with E-state index in [-0.39, 0.29) is 0 Å². The van der Waals surface area contributed by atoms with Gasteiger partial charge in [0.15, 0.2) is 0 Å². The molecule has 18 heavy (non-hydrogen) atoms. The van der Waals surface area contributed by atoms with Crippen molar-refractivity contribution in [3.05, 3.63) is 0 Å². The van der Waals surface area contributed by atoms with Crippen LogP contribution < -0.4 is 5.32 Å². The Bertz CT molecular complexity index is 209. The Morgan fingerprint density at radius 2 is 1.72 bits per heavy atom. The second kappa shape index (κ2) is 8.16. The van der Waals surface area contributed by atoms with Crippen molar-refractivity contribution in [1.82, 2.24) is 10.2 Å². The van der Waals surface area contributed by atoms with Gasteiger partial charge in [-0.15, -0.1) is 0 Å². The molecule has 2 heteroatoms. The van der Waals surface area contributed by atoms with E-state index in [1.54, 1.807) is 0 Å². The van der Waals surface area contributed by atoms with Crippen molar-refractivity contribution in [1.29, 1.82) is 0 Å². The molecule has 1 saturated carbocycles. The third-order valence-corrected chi connectivity index (χ3v) is 3.69. The monoisotopic (exact) mass is 254 g/mol. The lowest BCUT2D eigenvalue weighted by Crippen LogP contribution is -2.38. The van der Waals surface area contributed by atoms with Gasteiger partial charge < -0.3 is 5.32 Å². The van der Waals surface area contributed by atoms with Crippen molar-refractivity contribution < 1.29 is 0 Å². The highest BCUT2D eigenvalue weighted by Crippen LogP contribution is 2.30. The molecule has 0 aromatic carbocycles. The zero-order chi connectivity index (χ0) is 13.5. The average molecular weight is 254 g/mol. The number of hydrogen-bond donors (Lipinski definition) is 1. The van der Waals surface area contributed by atoms with Crippen LogP contribution in [0.4, 0.5) is 0 Å². The quantitative estimate of drug-likeness (QED) is 0.600. The summed E-state index contributed by atoms with van der Waals surface area (Å²) in [4.78, 5) is 2.76. The van der Waals surface area contributed by atoms with Crippen molar-refractivity contribution in [2.24, 2.45) is 11.8 Å². The Kier molecular flexibility index (Phi) is 7.25. The summed E-state index contributed by atoms with van der Waals surface area (Å²) in [5, 5.41) is 3.55. The van der Waals surface area contributed by atoms with Gasteiger partial charge in [0, 0.05) is 18.6 Å². The van der Waals surface area contributed by atoms with Gasteiger partial charge in [-0.05, 0) is 57.5 Å². The standard InChI is InChI=1S/C16H34N2/c1-13(2)11-17-10-6-7-15(5)18(12-14(3)4)16-8-9-16/h13-17H,6-12H2,1-5H3.